The highest BCUT2D eigenvalue weighted by atomic mass is 32.1. The summed E-state index contributed by atoms with van der Waals surface area (Å²) in [6.07, 6.45) is 0.878. The summed E-state index contributed by atoms with van der Waals surface area (Å²) in [6.45, 7) is 2.03. The van der Waals surface area contributed by atoms with E-state index >= 15 is 0 Å². The van der Waals surface area contributed by atoms with Crippen LogP contribution in [0, 0.1) is 11.6 Å². The Hall–Kier alpha value is -1.40. The van der Waals surface area contributed by atoms with E-state index in [0.29, 0.717) is 10.6 Å². The Morgan fingerprint density at radius 2 is 1.89 bits per heavy atom. The first-order valence-electron chi connectivity index (χ1n) is 5.61. The first-order valence-corrected chi connectivity index (χ1v) is 6.42. The zero-order chi connectivity index (χ0) is 13.1. The summed E-state index contributed by atoms with van der Waals surface area (Å²) >= 11 is 1.34. The Morgan fingerprint density at radius 3 is 2.44 bits per heavy atom. The van der Waals surface area contributed by atoms with Crippen molar-refractivity contribution in [2.45, 2.75) is 19.4 Å². The normalized spacial score (nSPS) is 12.7. The fraction of sp³-hybridized carbons (Fsp3) is 0.333. The van der Waals surface area contributed by atoms with E-state index in [-0.39, 0.29) is 6.04 Å². The van der Waals surface area contributed by atoms with Gasteiger partial charge in [0.25, 0.3) is 0 Å². The first-order chi connectivity index (χ1) is 8.63. The lowest BCUT2D eigenvalue weighted by atomic mass is 10.2. The third-order valence-electron chi connectivity index (χ3n) is 2.60. The van der Waals surface area contributed by atoms with Crippen molar-refractivity contribution in [1.29, 1.82) is 0 Å². The van der Waals surface area contributed by atoms with E-state index in [0.717, 1.165) is 17.5 Å². The van der Waals surface area contributed by atoms with Crippen LogP contribution in [-0.2, 0) is 0 Å². The minimum Gasteiger partial charge on any atom is -0.311 e. The van der Waals surface area contributed by atoms with Gasteiger partial charge in [-0.3, -0.25) is 0 Å². The summed E-state index contributed by atoms with van der Waals surface area (Å²) in [4.78, 5) is 0. The summed E-state index contributed by atoms with van der Waals surface area (Å²) in [6, 6.07) is 3.48. The van der Waals surface area contributed by atoms with Gasteiger partial charge in [-0.25, -0.2) is 8.78 Å². The van der Waals surface area contributed by atoms with Crippen LogP contribution in [0.4, 0.5) is 8.78 Å². The lowest BCUT2D eigenvalue weighted by Gasteiger charge is -2.07. The number of nitrogens with one attached hydrogen (secondary N) is 1. The van der Waals surface area contributed by atoms with Crippen LogP contribution in [0.1, 0.15) is 24.4 Å². The molecule has 0 fully saturated rings. The van der Waals surface area contributed by atoms with Gasteiger partial charge in [0.2, 0.25) is 0 Å². The third-order valence-corrected chi connectivity index (χ3v) is 3.69. The maximum atomic E-state index is 13.1. The Kier molecular flexibility index (Phi) is 3.98. The molecule has 2 aromatic rings. The number of nitrogens with zero attached hydrogens (tertiary/aromatic N) is 2. The van der Waals surface area contributed by atoms with Gasteiger partial charge in [-0.15, -0.1) is 10.2 Å². The van der Waals surface area contributed by atoms with Gasteiger partial charge in [0.15, 0.2) is 0 Å². The lowest BCUT2D eigenvalue weighted by Crippen LogP contribution is -2.14. The Morgan fingerprint density at radius 1 is 1.22 bits per heavy atom. The molecule has 0 radical (unpaired) electrons. The fourth-order valence-electron chi connectivity index (χ4n) is 1.67. The topological polar surface area (TPSA) is 37.8 Å². The van der Waals surface area contributed by atoms with Crippen molar-refractivity contribution in [3.05, 3.63) is 34.8 Å². The molecule has 1 unspecified atom stereocenters. The average molecular weight is 269 g/mol. The highest BCUT2D eigenvalue weighted by Gasteiger charge is 2.14. The van der Waals surface area contributed by atoms with Gasteiger partial charge >= 0.3 is 0 Å². The van der Waals surface area contributed by atoms with Crippen LogP contribution < -0.4 is 5.32 Å². The summed E-state index contributed by atoms with van der Waals surface area (Å²) in [5, 5.41) is 12.5. The van der Waals surface area contributed by atoms with Gasteiger partial charge in [-0.2, -0.15) is 0 Å². The molecule has 3 nitrogen and oxygen atoms in total. The molecule has 0 aliphatic carbocycles. The van der Waals surface area contributed by atoms with Crippen LogP contribution in [-0.4, -0.2) is 17.2 Å². The molecule has 0 saturated carbocycles. The van der Waals surface area contributed by atoms with Gasteiger partial charge in [0.05, 0.1) is 6.04 Å². The first kappa shape index (κ1) is 13.0. The van der Waals surface area contributed by atoms with Gasteiger partial charge in [0, 0.05) is 11.6 Å². The largest absolute Gasteiger partial charge is 0.311 e. The van der Waals surface area contributed by atoms with Gasteiger partial charge in [0.1, 0.15) is 21.6 Å². The molecule has 96 valence electrons. The molecule has 1 heterocycles. The second-order valence-corrected chi connectivity index (χ2v) is 4.86. The Bertz CT molecular complexity index is 518. The summed E-state index contributed by atoms with van der Waals surface area (Å²) in [5.74, 6) is -1.22. The number of benzene rings is 1. The highest BCUT2D eigenvalue weighted by Crippen LogP contribution is 2.28. The molecule has 1 N–H and O–H groups in total. The molecule has 2 rings (SSSR count). The molecule has 6 heteroatoms. The van der Waals surface area contributed by atoms with Gasteiger partial charge in [-0.1, -0.05) is 18.3 Å². The molecule has 18 heavy (non-hydrogen) atoms. The highest BCUT2D eigenvalue weighted by molar-refractivity contribution is 7.14. The van der Waals surface area contributed by atoms with Crippen LogP contribution in [0.25, 0.3) is 10.6 Å². The minimum atomic E-state index is -0.609. The zero-order valence-electron chi connectivity index (χ0n) is 10.1. The lowest BCUT2D eigenvalue weighted by molar-refractivity contribution is 0.568. The number of halogens is 2. The quantitative estimate of drug-likeness (QED) is 0.926. The van der Waals surface area contributed by atoms with Crippen molar-refractivity contribution in [2.24, 2.45) is 0 Å². The summed E-state index contributed by atoms with van der Waals surface area (Å²) in [5.41, 5.74) is 0.419. The fourth-order valence-corrected chi connectivity index (χ4v) is 2.70. The molecule has 1 atom stereocenters. The van der Waals surface area contributed by atoms with E-state index in [1.165, 1.54) is 23.5 Å². The van der Waals surface area contributed by atoms with Crippen molar-refractivity contribution in [3.8, 4) is 10.6 Å². The standard InChI is InChI=1S/C12H13F2N3S/c1-3-10(15-2)12-17-16-11(18-12)7-4-8(13)6-9(14)5-7/h4-6,10,15H,3H2,1-2H3. The zero-order valence-corrected chi connectivity index (χ0v) is 10.9. The Labute approximate surface area is 108 Å². The number of rotatable bonds is 4. The SMILES string of the molecule is CCC(NC)c1nnc(-c2cc(F)cc(F)c2)s1. The maximum absolute atomic E-state index is 13.1. The van der Waals surface area contributed by atoms with E-state index in [1.54, 1.807) is 0 Å². The molecule has 0 amide bonds. The molecule has 1 aromatic heterocycles. The third kappa shape index (κ3) is 2.70. The predicted molar refractivity (Wildman–Crippen MR) is 67.4 cm³/mol. The van der Waals surface area contributed by atoms with E-state index in [4.69, 9.17) is 0 Å². The van der Waals surface area contributed by atoms with Crippen molar-refractivity contribution < 1.29 is 8.78 Å². The second-order valence-electron chi connectivity index (χ2n) is 3.85. The van der Waals surface area contributed by atoms with Gasteiger partial charge < -0.3 is 5.32 Å². The molecule has 0 bridgehead atoms. The monoisotopic (exact) mass is 269 g/mol. The molecule has 0 spiro atoms. The van der Waals surface area contributed by atoms with Gasteiger partial charge in [-0.05, 0) is 25.6 Å². The maximum Gasteiger partial charge on any atom is 0.148 e. The van der Waals surface area contributed by atoms with E-state index < -0.39 is 11.6 Å². The van der Waals surface area contributed by atoms with E-state index in [2.05, 4.69) is 15.5 Å². The number of aromatic nitrogens is 2. The van der Waals surface area contributed by atoms with Crippen LogP contribution in [0.2, 0.25) is 0 Å². The van der Waals surface area contributed by atoms with Crippen LogP contribution in [0.3, 0.4) is 0 Å². The summed E-state index contributed by atoms with van der Waals surface area (Å²) in [7, 11) is 1.84. The smallest absolute Gasteiger partial charge is 0.148 e. The minimum absolute atomic E-state index is 0.120. The van der Waals surface area contributed by atoms with Crippen molar-refractivity contribution in [2.75, 3.05) is 7.05 Å². The average Bonchev–Trinajstić information content (AvgIpc) is 2.79. The van der Waals surface area contributed by atoms with E-state index in [1.807, 2.05) is 14.0 Å². The van der Waals surface area contributed by atoms with Crippen LogP contribution in [0.5, 0.6) is 0 Å². The second kappa shape index (κ2) is 5.49. The molecule has 1 aromatic carbocycles. The number of hydrogen-bond donors (Lipinski definition) is 1. The van der Waals surface area contributed by atoms with E-state index in [9.17, 15) is 8.78 Å². The van der Waals surface area contributed by atoms with Crippen molar-refractivity contribution in [3.63, 3.8) is 0 Å². The Balaban J connectivity index is 2.34. The van der Waals surface area contributed by atoms with Crippen molar-refractivity contribution >= 4 is 11.3 Å². The van der Waals surface area contributed by atoms with Crippen molar-refractivity contribution in [1.82, 2.24) is 15.5 Å². The predicted octanol–water partition coefficient (Wildman–Crippen LogP) is 3.15. The van der Waals surface area contributed by atoms with Crippen LogP contribution >= 0.6 is 11.3 Å². The number of hydrogen-bond acceptors (Lipinski definition) is 4. The summed E-state index contributed by atoms with van der Waals surface area (Å²) < 4.78 is 26.2. The molecule has 0 aliphatic heterocycles. The molecule has 0 aliphatic rings. The molecular weight excluding hydrogens is 256 g/mol. The molecule has 0 saturated heterocycles. The molecular formula is C12H13F2N3S. The van der Waals surface area contributed by atoms with Crippen LogP contribution in [0.15, 0.2) is 18.2 Å².